The van der Waals surface area contributed by atoms with Gasteiger partial charge in [0.2, 0.25) is 0 Å². The Balaban J connectivity index is 1.56. The minimum atomic E-state index is 0.125. The minimum Gasteiger partial charge on any atom is -0.374 e. The lowest BCUT2D eigenvalue weighted by atomic mass is 10.1. The van der Waals surface area contributed by atoms with E-state index in [0.29, 0.717) is 0 Å². The number of aliphatic imine (C=N–C) groups is 1. The van der Waals surface area contributed by atoms with Crippen LogP contribution in [-0.2, 0) is 11.2 Å². The summed E-state index contributed by atoms with van der Waals surface area (Å²) in [6.07, 6.45) is 1.96. The highest BCUT2D eigenvalue weighted by Crippen LogP contribution is 2.15. The molecule has 25 heavy (non-hydrogen) atoms. The number of aromatic nitrogens is 1. The molecule has 2 N–H and O–H groups in total. The quantitative estimate of drug-likeness (QED) is 0.409. The van der Waals surface area contributed by atoms with Gasteiger partial charge >= 0.3 is 0 Å². The Morgan fingerprint density at radius 1 is 1.24 bits per heavy atom. The number of benzene rings is 1. The van der Waals surface area contributed by atoms with Crippen LogP contribution in [0.5, 0.6) is 0 Å². The normalized spacial score (nSPS) is 12.8. The fourth-order valence-electron chi connectivity index (χ4n) is 2.41. The number of hydrogen-bond donors (Lipinski definition) is 2. The van der Waals surface area contributed by atoms with Gasteiger partial charge in [0.25, 0.3) is 0 Å². The Morgan fingerprint density at radius 2 is 2.00 bits per heavy atom. The zero-order valence-corrected chi connectivity index (χ0v) is 16.1. The van der Waals surface area contributed by atoms with Crippen molar-refractivity contribution in [2.24, 2.45) is 4.99 Å². The van der Waals surface area contributed by atoms with E-state index in [9.17, 15) is 0 Å². The summed E-state index contributed by atoms with van der Waals surface area (Å²) in [6.45, 7) is 6.49. The lowest BCUT2D eigenvalue weighted by Gasteiger charge is -2.14. The van der Waals surface area contributed by atoms with Gasteiger partial charge in [-0.3, -0.25) is 4.99 Å². The Kier molecular flexibility index (Phi) is 8.42. The van der Waals surface area contributed by atoms with Gasteiger partial charge in [0.15, 0.2) is 5.96 Å². The summed E-state index contributed by atoms with van der Waals surface area (Å²) in [4.78, 5) is 8.70. The molecule has 0 aliphatic carbocycles. The molecule has 6 heteroatoms. The third-order valence-electron chi connectivity index (χ3n) is 3.81. The molecule has 0 aliphatic rings. The molecule has 0 bridgehead atoms. The third-order valence-corrected chi connectivity index (χ3v) is 4.64. The van der Waals surface area contributed by atoms with Crippen molar-refractivity contribution >= 4 is 17.3 Å². The van der Waals surface area contributed by atoms with Gasteiger partial charge in [0.1, 0.15) is 0 Å². The number of aryl methyl sites for hydroxylation is 1. The highest BCUT2D eigenvalue weighted by Gasteiger charge is 2.04. The molecule has 5 nitrogen and oxygen atoms in total. The van der Waals surface area contributed by atoms with Crippen LogP contribution in [0.15, 0.2) is 40.7 Å². The van der Waals surface area contributed by atoms with Crippen LogP contribution >= 0.6 is 11.3 Å². The molecule has 1 aromatic heterocycles. The highest BCUT2D eigenvalue weighted by atomic mass is 32.1. The van der Waals surface area contributed by atoms with Gasteiger partial charge < -0.3 is 15.4 Å². The van der Waals surface area contributed by atoms with Gasteiger partial charge in [0.05, 0.1) is 16.8 Å². The van der Waals surface area contributed by atoms with E-state index in [-0.39, 0.29) is 6.10 Å². The van der Waals surface area contributed by atoms with Crippen LogP contribution in [0.25, 0.3) is 0 Å². The summed E-state index contributed by atoms with van der Waals surface area (Å²) < 4.78 is 5.88. The minimum absolute atomic E-state index is 0.125. The first-order chi connectivity index (χ1) is 12.2. The van der Waals surface area contributed by atoms with E-state index in [2.05, 4.69) is 45.0 Å². The lowest BCUT2D eigenvalue weighted by molar-refractivity contribution is 0.0646. The van der Waals surface area contributed by atoms with Crippen LogP contribution in [-0.4, -0.2) is 37.7 Å². The molecular weight excluding hydrogens is 332 g/mol. The van der Waals surface area contributed by atoms with Crippen molar-refractivity contribution in [1.29, 1.82) is 0 Å². The Morgan fingerprint density at radius 3 is 2.68 bits per heavy atom. The number of ether oxygens (including phenoxy) is 1. The SMILES string of the molecule is CN=C(NCCCOC(C)c1ccccc1)NCCc1csc(C)n1. The fourth-order valence-corrected chi connectivity index (χ4v) is 3.06. The number of nitrogens with one attached hydrogen (secondary N) is 2. The molecule has 1 unspecified atom stereocenters. The second-order valence-corrected chi connectivity index (χ2v) is 6.87. The largest absolute Gasteiger partial charge is 0.374 e. The Hall–Kier alpha value is -1.92. The monoisotopic (exact) mass is 360 g/mol. The molecule has 2 aromatic rings. The van der Waals surface area contributed by atoms with Crippen molar-refractivity contribution in [2.45, 2.75) is 32.8 Å². The standard InChI is InChI=1S/C19H28N4OS/c1-15(17-8-5-4-6-9-17)24-13-7-11-21-19(20-3)22-12-10-18-14-25-16(2)23-18/h4-6,8-9,14-15H,7,10-13H2,1-3H3,(H2,20,21,22). The molecule has 136 valence electrons. The first kappa shape index (κ1) is 19.4. The molecule has 0 radical (unpaired) electrons. The number of thiazole rings is 1. The Labute approximate surface area is 154 Å². The smallest absolute Gasteiger partial charge is 0.190 e. The predicted octanol–water partition coefficient (Wildman–Crippen LogP) is 3.33. The van der Waals surface area contributed by atoms with Crippen LogP contribution in [0.1, 0.15) is 35.7 Å². The van der Waals surface area contributed by atoms with Crippen LogP contribution in [0.2, 0.25) is 0 Å². The molecule has 0 spiro atoms. The number of rotatable bonds is 9. The van der Waals surface area contributed by atoms with Gasteiger partial charge in [0, 0.05) is 38.5 Å². The molecule has 0 aliphatic heterocycles. The van der Waals surface area contributed by atoms with Crippen LogP contribution in [0.4, 0.5) is 0 Å². The second kappa shape index (κ2) is 10.8. The molecule has 0 amide bonds. The van der Waals surface area contributed by atoms with E-state index >= 15 is 0 Å². The van der Waals surface area contributed by atoms with Gasteiger partial charge in [-0.05, 0) is 25.8 Å². The molecule has 0 fully saturated rings. The number of hydrogen-bond acceptors (Lipinski definition) is 4. The van der Waals surface area contributed by atoms with Crippen molar-refractivity contribution in [3.05, 3.63) is 52.0 Å². The lowest BCUT2D eigenvalue weighted by Crippen LogP contribution is -2.39. The third kappa shape index (κ3) is 7.23. The maximum Gasteiger partial charge on any atom is 0.190 e. The zero-order chi connectivity index (χ0) is 17.9. The van der Waals surface area contributed by atoms with Gasteiger partial charge in [-0.15, -0.1) is 11.3 Å². The maximum absolute atomic E-state index is 5.88. The number of nitrogens with zero attached hydrogens (tertiary/aromatic N) is 2. The van der Waals surface area contributed by atoms with E-state index in [1.54, 1.807) is 18.4 Å². The van der Waals surface area contributed by atoms with E-state index in [1.165, 1.54) is 5.56 Å². The van der Waals surface area contributed by atoms with Crippen molar-refractivity contribution in [3.8, 4) is 0 Å². The number of guanidine groups is 1. The van der Waals surface area contributed by atoms with E-state index in [0.717, 1.165) is 49.2 Å². The van der Waals surface area contributed by atoms with E-state index < -0.39 is 0 Å². The van der Waals surface area contributed by atoms with Gasteiger partial charge in [-0.25, -0.2) is 4.98 Å². The molecule has 1 atom stereocenters. The summed E-state index contributed by atoms with van der Waals surface area (Å²) in [5.74, 6) is 0.822. The summed E-state index contributed by atoms with van der Waals surface area (Å²) in [6, 6.07) is 10.3. The highest BCUT2D eigenvalue weighted by molar-refractivity contribution is 7.09. The summed E-state index contributed by atoms with van der Waals surface area (Å²) in [5.41, 5.74) is 2.35. The van der Waals surface area contributed by atoms with Crippen molar-refractivity contribution in [3.63, 3.8) is 0 Å². The zero-order valence-electron chi connectivity index (χ0n) is 15.3. The first-order valence-corrected chi connectivity index (χ1v) is 9.59. The summed E-state index contributed by atoms with van der Waals surface area (Å²) in [5, 5.41) is 9.85. The molecular formula is C19H28N4OS. The topological polar surface area (TPSA) is 58.5 Å². The van der Waals surface area contributed by atoms with Crippen molar-refractivity contribution in [1.82, 2.24) is 15.6 Å². The van der Waals surface area contributed by atoms with Gasteiger partial charge in [-0.1, -0.05) is 30.3 Å². The van der Waals surface area contributed by atoms with E-state index in [1.807, 2.05) is 25.1 Å². The van der Waals surface area contributed by atoms with Crippen LogP contribution in [0.3, 0.4) is 0 Å². The molecule has 1 heterocycles. The second-order valence-electron chi connectivity index (χ2n) is 5.81. The fraction of sp³-hybridized carbons (Fsp3) is 0.474. The van der Waals surface area contributed by atoms with Crippen molar-refractivity contribution in [2.75, 3.05) is 26.7 Å². The summed E-state index contributed by atoms with van der Waals surface area (Å²) >= 11 is 1.69. The summed E-state index contributed by atoms with van der Waals surface area (Å²) in [7, 11) is 1.79. The average Bonchev–Trinajstić information content (AvgIpc) is 3.05. The van der Waals surface area contributed by atoms with E-state index in [4.69, 9.17) is 4.74 Å². The van der Waals surface area contributed by atoms with Gasteiger partial charge in [-0.2, -0.15) is 0 Å². The maximum atomic E-state index is 5.88. The predicted molar refractivity (Wildman–Crippen MR) is 105 cm³/mol. The molecule has 2 rings (SSSR count). The molecule has 0 saturated heterocycles. The first-order valence-electron chi connectivity index (χ1n) is 8.71. The van der Waals surface area contributed by atoms with Crippen LogP contribution < -0.4 is 10.6 Å². The molecule has 0 saturated carbocycles. The average molecular weight is 361 g/mol. The van der Waals surface area contributed by atoms with Crippen LogP contribution in [0, 0.1) is 6.92 Å². The Bertz CT molecular complexity index is 642. The molecule has 1 aromatic carbocycles. The van der Waals surface area contributed by atoms with Crippen molar-refractivity contribution < 1.29 is 4.74 Å².